The summed E-state index contributed by atoms with van der Waals surface area (Å²) in [7, 11) is 1.94. The summed E-state index contributed by atoms with van der Waals surface area (Å²) in [6.07, 6.45) is 8.84. The topological polar surface area (TPSA) is 63.5 Å². The van der Waals surface area contributed by atoms with Gasteiger partial charge in [-0.2, -0.15) is 0 Å². The molecule has 1 amide bonds. The molecule has 0 saturated carbocycles. The molecule has 2 aromatic heterocycles. The maximum atomic E-state index is 12.9. The largest absolute Gasteiger partial charge is 0.376 e. The lowest BCUT2D eigenvalue weighted by Gasteiger charge is -2.33. The van der Waals surface area contributed by atoms with Crippen LogP contribution in [0.1, 0.15) is 49.3 Å². The van der Waals surface area contributed by atoms with Crippen LogP contribution in [-0.2, 0) is 18.3 Å². The maximum absolute atomic E-state index is 12.9. The second-order valence-corrected chi connectivity index (χ2v) is 7.26. The molecule has 3 rings (SSSR count). The number of carbonyl (C=O) groups excluding carboxylic acids is 1. The Bertz CT molecular complexity index is 758. The molecule has 1 fully saturated rings. The molecule has 0 radical (unpaired) electrons. The third kappa shape index (κ3) is 4.90. The van der Waals surface area contributed by atoms with E-state index >= 15 is 0 Å². The molecule has 3 heterocycles. The van der Waals surface area contributed by atoms with E-state index in [1.165, 1.54) is 0 Å². The van der Waals surface area contributed by atoms with Crippen molar-refractivity contribution in [3.8, 4) is 0 Å². The van der Waals surface area contributed by atoms with Crippen LogP contribution >= 0.6 is 0 Å². The van der Waals surface area contributed by atoms with Crippen molar-refractivity contribution in [1.82, 2.24) is 19.4 Å². The zero-order valence-electron chi connectivity index (χ0n) is 17.2. The third-order valence-electron chi connectivity index (χ3n) is 5.18. The number of imidazole rings is 1. The van der Waals surface area contributed by atoms with Crippen LogP contribution in [-0.4, -0.2) is 57.7 Å². The summed E-state index contributed by atoms with van der Waals surface area (Å²) in [5, 5.41) is 0. The summed E-state index contributed by atoms with van der Waals surface area (Å²) in [6, 6.07) is 3.83. The first-order valence-corrected chi connectivity index (χ1v) is 10.2. The van der Waals surface area contributed by atoms with Gasteiger partial charge in [-0.25, -0.2) is 9.97 Å². The first kappa shape index (κ1) is 20.3. The second kappa shape index (κ2) is 9.68. The van der Waals surface area contributed by atoms with Crippen LogP contribution in [0, 0.1) is 0 Å². The van der Waals surface area contributed by atoms with Crippen LogP contribution in [0.3, 0.4) is 0 Å². The normalized spacial score (nSPS) is 17.0. The summed E-state index contributed by atoms with van der Waals surface area (Å²) in [6.45, 7) is 7.87. The number of aryl methyl sites for hydroxylation is 1. The van der Waals surface area contributed by atoms with Gasteiger partial charge in [-0.1, -0.05) is 6.92 Å². The Kier molecular flexibility index (Phi) is 7.03. The van der Waals surface area contributed by atoms with Crippen LogP contribution < -0.4 is 4.90 Å². The second-order valence-electron chi connectivity index (χ2n) is 7.26. The van der Waals surface area contributed by atoms with Crippen LogP contribution in [0.4, 0.5) is 5.82 Å². The quantitative estimate of drug-likeness (QED) is 0.699. The van der Waals surface area contributed by atoms with E-state index in [0.29, 0.717) is 18.7 Å². The van der Waals surface area contributed by atoms with Crippen LogP contribution in [0.25, 0.3) is 0 Å². The van der Waals surface area contributed by atoms with Gasteiger partial charge in [0.1, 0.15) is 11.6 Å². The van der Waals surface area contributed by atoms with Crippen molar-refractivity contribution in [3.05, 3.63) is 42.1 Å². The Balaban J connectivity index is 1.64. The first-order chi connectivity index (χ1) is 13.6. The van der Waals surface area contributed by atoms with Crippen molar-refractivity contribution in [3.63, 3.8) is 0 Å². The average molecular weight is 386 g/mol. The van der Waals surface area contributed by atoms with Crippen molar-refractivity contribution in [2.75, 3.05) is 31.1 Å². The molecular weight excluding hydrogens is 354 g/mol. The molecule has 7 nitrogen and oxygen atoms in total. The fourth-order valence-corrected chi connectivity index (χ4v) is 3.50. The highest BCUT2D eigenvalue weighted by molar-refractivity contribution is 5.94. The SMILES string of the molecule is CCCO[C@H]1CCCN(c2ccc(C(=O)N(CC)Cc3nccn3C)cn2)C1. The summed E-state index contributed by atoms with van der Waals surface area (Å²) in [5.74, 6) is 1.76. The smallest absolute Gasteiger partial charge is 0.255 e. The first-order valence-electron chi connectivity index (χ1n) is 10.2. The van der Waals surface area contributed by atoms with Gasteiger partial charge in [0, 0.05) is 51.9 Å². The molecular formula is C21H31N5O2. The van der Waals surface area contributed by atoms with E-state index in [2.05, 4.69) is 21.8 Å². The van der Waals surface area contributed by atoms with Crippen LogP contribution in [0.15, 0.2) is 30.7 Å². The van der Waals surface area contributed by atoms with E-state index in [9.17, 15) is 4.79 Å². The highest BCUT2D eigenvalue weighted by atomic mass is 16.5. The Hall–Kier alpha value is -2.41. The lowest BCUT2D eigenvalue weighted by atomic mass is 10.1. The van der Waals surface area contributed by atoms with Crippen LogP contribution in [0.2, 0.25) is 0 Å². The van der Waals surface area contributed by atoms with E-state index in [4.69, 9.17) is 4.74 Å². The van der Waals surface area contributed by atoms with Crippen molar-refractivity contribution < 1.29 is 9.53 Å². The highest BCUT2D eigenvalue weighted by Crippen LogP contribution is 2.20. The minimum absolute atomic E-state index is 0.0210. The number of rotatable bonds is 8. The summed E-state index contributed by atoms with van der Waals surface area (Å²) < 4.78 is 7.85. The summed E-state index contributed by atoms with van der Waals surface area (Å²) >= 11 is 0. The molecule has 0 aromatic carbocycles. The fraction of sp³-hybridized carbons (Fsp3) is 0.571. The number of ether oxygens (including phenoxy) is 1. The van der Waals surface area contributed by atoms with E-state index in [0.717, 1.165) is 50.6 Å². The van der Waals surface area contributed by atoms with Gasteiger partial charge in [0.25, 0.3) is 5.91 Å². The Labute approximate surface area is 167 Å². The monoisotopic (exact) mass is 385 g/mol. The van der Waals surface area contributed by atoms with Gasteiger partial charge in [-0.15, -0.1) is 0 Å². The minimum atomic E-state index is -0.0210. The number of nitrogens with zero attached hydrogens (tertiary/aromatic N) is 5. The van der Waals surface area contributed by atoms with Crippen molar-refractivity contribution in [2.24, 2.45) is 7.05 Å². The molecule has 1 aliphatic heterocycles. The van der Waals surface area contributed by atoms with E-state index < -0.39 is 0 Å². The Morgan fingerprint density at radius 3 is 2.82 bits per heavy atom. The standard InChI is InChI=1S/C21H31N5O2/c1-4-13-28-18-7-6-11-26(15-18)19-9-8-17(14-23-19)21(27)25(5-2)16-20-22-10-12-24(20)3/h8-10,12,14,18H,4-7,11,13,15-16H2,1-3H3/t18-/m0/s1. The number of amides is 1. The number of aromatic nitrogens is 3. The zero-order chi connectivity index (χ0) is 19.9. The molecule has 0 bridgehead atoms. The average Bonchev–Trinajstić information content (AvgIpc) is 3.14. The number of anilines is 1. The molecule has 152 valence electrons. The zero-order valence-corrected chi connectivity index (χ0v) is 17.2. The molecule has 0 unspecified atom stereocenters. The molecule has 1 saturated heterocycles. The van der Waals surface area contributed by atoms with Crippen molar-refractivity contribution >= 4 is 11.7 Å². The number of pyridine rings is 1. The molecule has 7 heteroatoms. The Morgan fingerprint density at radius 1 is 1.32 bits per heavy atom. The van der Waals surface area contributed by atoms with Gasteiger partial charge in [0.15, 0.2) is 0 Å². The predicted octanol–water partition coefficient (Wildman–Crippen LogP) is 2.87. The van der Waals surface area contributed by atoms with Gasteiger partial charge < -0.3 is 19.1 Å². The molecule has 1 aliphatic rings. The predicted molar refractivity (Wildman–Crippen MR) is 109 cm³/mol. The van der Waals surface area contributed by atoms with E-state index in [1.54, 1.807) is 17.3 Å². The van der Waals surface area contributed by atoms with Gasteiger partial charge in [-0.3, -0.25) is 4.79 Å². The molecule has 2 aromatic rings. The molecule has 0 aliphatic carbocycles. The molecule has 1 atom stereocenters. The maximum Gasteiger partial charge on any atom is 0.255 e. The van der Waals surface area contributed by atoms with Gasteiger partial charge in [-0.05, 0) is 38.3 Å². The third-order valence-corrected chi connectivity index (χ3v) is 5.18. The van der Waals surface area contributed by atoms with E-state index in [-0.39, 0.29) is 12.0 Å². The number of hydrogen-bond acceptors (Lipinski definition) is 5. The lowest BCUT2D eigenvalue weighted by Crippen LogP contribution is -2.40. The summed E-state index contributed by atoms with van der Waals surface area (Å²) in [5.41, 5.74) is 0.607. The van der Waals surface area contributed by atoms with Crippen LogP contribution in [0.5, 0.6) is 0 Å². The minimum Gasteiger partial charge on any atom is -0.376 e. The molecule has 0 spiro atoms. The van der Waals surface area contributed by atoms with Gasteiger partial charge in [0.05, 0.1) is 18.2 Å². The Morgan fingerprint density at radius 2 is 2.18 bits per heavy atom. The van der Waals surface area contributed by atoms with Gasteiger partial charge in [0.2, 0.25) is 0 Å². The molecule has 0 N–H and O–H groups in total. The highest BCUT2D eigenvalue weighted by Gasteiger charge is 2.22. The molecule has 28 heavy (non-hydrogen) atoms. The number of carbonyl (C=O) groups is 1. The number of hydrogen-bond donors (Lipinski definition) is 0. The number of piperidine rings is 1. The van der Waals surface area contributed by atoms with Crippen molar-refractivity contribution in [2.45, 2.75) is 45.8 Å². The summed E-state index contributed by atoms with van der Waals surface area (Å²) in [4.78, 5) is 25.8. The lowest BCUT2D eigenvalue weighted by molar-refractivity contribution is 0.0439. The van der Waals surface area contributed by atoms with E-state index in [1.807, 2.05) is 36.9 Å². The van der Waals surface area contributed by atoms with Crippen molar-refractivity contribution in [1.29, 1.82) is 0 Å². The fourth-order valence-electron chi connectivity index (χ4n) is 3.50. The van der Waals surface area contributed by atoms with Gasteiger partial charge >= 0.3 is 0 Å².